The summed E-state index contributed by atoms with van der Waals surface area (Å²) in [6.45, 7) is 1.57. The van der Waals surface area contributed by atoms with E-state index in [4.69, 9.17) is 0 Å². The number of fused-ring (bicyclic) bond motifs is 1. The Bertz CT molecular complexity index is 508. The molecule has 0 radical (unpaired) electrons. The number of carbonyl (C=O) groups is 1. The number of hydrogen-bond acceptors (Lipinski definition) is 2. The van der Waals surface area contributed by atoms with Gasteiger partial charge in [-0.25, -0.2) is 0 Å². The molecule has 2 rings (SSSR count). The van der Waals surface area contributed by atoms with Crippen molar-refractivity contribution in [1.82, 2.24) is 4.98 Å². The van der Waals surface area contributed by atoms with Gasteiger partial charge in [0.15, 0.2) is 5.78 Å². The van der Waals surface area contributed by atoms with Crippen molar-refractivity contribution in [3.8, 4) is 0 Å². The number of Topliss-reactive ketones (excluding diaryl/α,β-unsaturated/α-hetero) is 1. The van der Waals surface area contributed by atoms with Crippen LogP contribution < -0.4 is 0 Å². The molecule has 0 N–H and O–H groups in total. The minimum Gasteiger partial charge on any atom is -0.294 e. The maximum Gasteiger partial charge on any atom is 0.161 e. The summed E-state index contributed by atoms with van der Waals surface area (Å²) in [4.78, 5) is 15.4. The molecule has 0 aliphatic carbocycles. The third kappa shape index (κ3) is 1.44. The molecule has 1 heterocycles. The Morgan fingerprint density at radius 1 is 1.36 bits per heavy atom. The molecule has 0 fully saturated rings. The highest BCUT2D eigenvalue weighted by atomic mass is 79.9. The van der Waals surface area contributed by atoms with Gasteiger partial charge in [0.05, 0.1) is 0 Å². The van der Waals surface area contributed by atoms with Crippen molar-refractivity contribution in [1.29, 1.82) is 0 Å². The van der Waals surface area contributed by atoms with Gasteiger partial charge in [-0.3, -0.25) is 9.78 Å². The van der Waals surface area contributed by atoms with Gasteiger partial charge in [0.2, 0.25) is 0 Å². The molecule has 70 valence electrons. The summed E-state index contributed by atoms with van der Waals surface area (Å²) in [6.07, 6.45) is 3.45. The van der Waals surface area contributed by atoms with E-state index in [0.717, 1.165) is 20.8 Å². The lowest BCUT2D eigenvalue weighted by Gasteiger charge is -2.04. The number of rotatable bonds is 1. The van der Waals surface area contributed by atoms with E-state index >= 15 is 0 Å². The van der Waals surface area contributed by atoms with Gasteiger partial charge in [-0.1, -0.05) is 22.0 Å². The van der Waals surface area contributed by atoms with Gasteiger partial charge >= 0.3 is 0 Å². The minimum atomic E-state index is 0.0636. The smallest absolute Gasteiger partial charge is 0.161 e. The van der Waals surface area contributed by atoms with Crippen LogP contribution in [-0.4, -0.2) is 10.8 Å². The number of pyridine rings is 1. The molecule has 0 saturated carbocycles. The van der Waals surface area contributed by atoms with Gasteiger partial charge in [-0.2, -0.15) is 0 Å². The lowest BCUT2D eigenvalue weighted by atomic mass is 10.0. The van der Waals surface area contributed by atoms with Crippen molar-refractivity contribution < 1.29 is 4.79 Å². The van der Waals surface area contributed by atoms with Gasteiger partial charge in [0.25, 0.3) is 0 Å². The minimum absolute atomic E-state index is 0.0636. The van der Waals surface area contributed by atoms with Crippen molar-refractivity contribution in [3.05, 3.63) is 40.6 Å². The second-order valence-corrected chi connectivity index (χ2v) is 3.93. The van der Waals surface area contributed by atoms with Crippen LogP contribution in [-0.2, 0) is 0 Å². The molecule has 2 nitrogen and oxygen atoms in total. The van der Waals surface area contributed by atoms with Crippen LogP contribution in [0.2, 0.25) is 0 Å². The molecule has 0 spiro atoms. The molecular formula is C11H8BrNO. The van der Waals surface area contributed by atoms with Crippen molar-refractivity contribution in [2.45, 2.75) is 6.92 Å². The molecule has 0 bridgehead atoms. The van der Waals surface area contributed by atoms with Crippen LogP contribution in [0.4, 0.5) is 0 Å². The standard InChI is InChI=1S/C11H8BrNO/c1-7(14)11-9-4-5-13-6-8(9)2-3-10(11)12/h2-6H,1H3. The fourth-order valence-corrected chi connectivity index (χ4v) is 2.12. The van der Waals surface area contributed by atoms with Crippen LogP contribution in [0, 0.1) is 0 Å². The van der Waals surface area contributed by atoms with Gasteiger partial charge in [0, 0.05) is 27.8 Å². The number of hydrogen-bond donors (Lipinski definition) is 0. The quantitative estimate of drug-likeness (QED) is 0.727. The van der Waals surface area contributed by atoms with Gasteiger partial charge in [0.1, 0.15) is 0 Å². The van der Waals surface area contributed by atoms with E-state index in [1.165, 1.54) is 0 Å². The molecule has 0 unspecified atom stereocenters. The van der Waals surface area contributed by atoms with Crippen LogP contribution in [0.3, 0.4) is 0 Å². The van der Waals surface area contributed by atoms with Gasteiger partial charge in [-0.05, 0) is 24.4 Å². The summed E-state index contributed by atoms with van der Waals surface area (Å²) in [5.41, 5.74) is 0.727. The van der Waals surface area contributed by atoms with E-state index in [2.05, 4.69) is 20.9 Å². The predicted molar refractivity (Wildman–Crippen MR) is 59.4 cm³/mol. The molecule has 3 heteroatoms. The SMILES string of the molecule is CC(=O)c1c(Br)ccc2cnccc12. The molecule has 0 atom stereocenters. The largest absolute Gasteiger partial charge is 0.294 e. The Morgan fingerprint density at radius 2 is 2.14 bits per heavy atom. The second-order valence-electron chi connectivity index (χ2n) is 3.08. The maximum atomic E-state index is 11.4. The highest BCUT2D eigenvalue weighted by Crippen LogP contribution is 2.26. The molecule has 0 aliphatic rings. The molecule has 0 saturated heterocycles. The zero-order valence-corrected chi connectivity index (χ0v) is 9.21. The summed E-state index contributed by atoms with van der Waals surface area (Å²) in [5, 5.41) is 1.93. The van der Waals surface area contributed by atoms with Crippen molar-refractivity contribution in [2.24, 2.45) is 0 Å². The van der Waals surface area contributed by atoms with Gasteiger partial charge in [-0.15, -0.1) is 0 Å². The maximum absolute atomic E-state index is 11.4. The summed E-state index contributed by atoms with van der Waals surface area (Å²) in [6, 6.07) is 5.68. The van der Waals surface area contributed by atoms with E-state index in [1.807, 2.05) is 18.2 Å². The molecule has 1 aromatic heterocycles. The fraction of sp³-hybridized carbons (Fsp3) is 0.0909. The number of ketones is 1. The Hall–Kier alpha value is -1.22. The fourth-order valence-electron chi connectivity index (χ4n) is 1.50. The van der Waals surface area contributed by atoms with Crippen molar-refractivity contribution >= 4 is 32.5 Å². The first kappa shape index (κ1) is 9.34. The average Bonchev–Trinajstić information content (AvgIpc) is 2.17. The lowest BCUT2D eigenvalue weighted by molar-refractivity contribution is 0.101. The first-order valence-corrected chi connectivity index (χ1v) is 5.02. The number of halogens is 1. The van der Waals surface area contributed by atoms with E-state index in [1.54, 1.807) is 19.3 Å². The normalized spacial score (nSPS) is 10.4. The summed E-state index contributed by atoms with van der Waals surface area (Å²) in [5.74, 6) is 0.0636. The lowest BCUT2D eigenvalue weighted by Crippen LogP contribution is -1.95. The number of nitrogens with zero attached hydrogens (tertiary/aromatic N) is 1. The summed E-state index contributed by atoms with van der Waals surface area (Å²) >= 11 is 3.38. The Kier molecular flexibility index (Phi) is 2.33. The topological polar surface area (TPSA) is 30.0 Å². The summed E-state index contributed by atoms with van der Waals surface area (Å²) < 4.78 is 0.837. The average molecular weight is 250 g/mol. The molecule has 0 amide bonds. The van der Waals surface area contributed by atoms with Crippen LogP contribution in [0.1, 0.15) is 17.3 Å². The molecule has 2 aromatic rings. The van der Waals surface area contributed by atoms with E-state index in [-0.39, 0.29) is 5.78 Å². The summed E-state index contributed by atoms with van der Waals surface area (Å²) in [7, 11) is 0. The van der Waals surface area contributed by atoms with Crippen LogP contribution in [0.25, 0.3) is 10.8 Å². The monoisotopic (exact) mass is 249 g/mol. The predicted octanol–water partition coefficient (Wildman–Crippen LogP) is 3.20. The highest BCUT2D eigenvalue weighted by molar-refractivity contribution is 9.10. The third-order valence-electron chi connectivity index (χ3n) is 2.12. The number of aromatic nitrogens is 1. The van der Waals surface area contributed by atoms with Gasteiger partial charge < -0.3 is 0 Å². The van der Waals surface area contributed by atoms with Crippen LogP contribution >= 0.6 is 15.9 Å². The molecule has 1 aromatic carbocycles. The van der Waals surface area contributed by atoms with E-state index in [9.17, 15) is 4.79 Å². The first-order valence-electron chi connectivity index (χ1n) is 4.23. The Balaban J connectivity index is 2.90. The number of carbonyl (C=O) groups excluding carboxylic acids is 1. The molecule has 14 heavy (non-hydrogen) atoms. The Labute approximate surface area is 90.1 Å². The Morgan fingerprint density at radius 3 is 2.86 bits per heavy atom. The van der Waals surface area contributed by atoms with E-state index < -0.39 is 0 Å². The zero-order valence-electron chi connectivity index (χ0n) is 7.62. The van der Waals surface area contributed by atoms with Crippen LogP contribution in [0.15, 0.2) is 35.1 Å². The zero-order chi connectivity index (χ0) is 10.1. The molecular weight excluding hydrogens is 242 g/mol. The third-order valence-corrected chi connectivity index (χ3v) is 2.78. The van der Waals surface area contributed by atoms with Crippen molar-refractivity contribution in [2.75, 3.05) is 0 Å². The number of benzene rings is 1. The van der Waals surface area contributed by atoms with Crippen LogP contribution in [0.5, 0.6) is 0 Å². The highest BCUT2D eigenvalue weighted by Gasteiger charge is 2.09. The first-order chi connectivity index (χ1) is 6.70. The van der Waals surface area contributed by atoms with Crippen molar-refractivity contribution in [3.63, 3.8) is 0 Å². The second kappa shape index (κ2) is 3.50. The van der Waals surface area contributed by atoms with E-state index in [0.29, 0.717) is 0 Å². The molecule has 0 aliphatic heterocycles.